The van der Waals surface area contributed by atoms with Gasteiger partial charge in [0.2, 0.25) is 0 Å². The fourth-order valence-electron chi connectivity index (χ4n) is 3.20. The van der Waals surface area contributed by atoms with Crippen molar-refractivity contribution < 1.29 is 19.3 Å². The standard InChI is InChI=1S/C17H25N3O4/c1-11-16(22-2)12(9-15(21)17(11)23-3)8-13(19)14(10-18)20-4-6-24-7-5-20/h9,13-14,21H,4-8,19H2,1-3H3/t13-,14-/m0/s1. The normalized spacial score (nSPS) is 17.8. The van der Waals surface area contributed by atoms with E-state index in [0.29, 0.717) is 49.8 Å². The minimum absolute atomic E-state index is 0.0397. The number of hydrogen-bond acceptors (Lipinski definition) is 7. The van der Waals surface area contributed by atoms with Gasteiger partial charge in [-0.2, -0.15) is 5.26 Å². The van der Waals surface area contributed by atoms with E-state index >= 15 is 0 Å². The summed E-state index contributed by atoms with van der Waals surface area (Å²) in [5.41, 5.74) is 7.78. The number of phenols is 1. The van der Waals surface area contributed by atoms with Crippen LogP contribution in [0.15, 0.2) is 6.07 Å². The van der Waals surface area contributed by atoms with Crippen molar-refractivity contribution in [2.24, 2.45) is 5.73 Å². The molecule has 3 N–H and O–H groups in total. The maximum atomic E-state index is 10.1. The van der Waals surface area contributed by atoms with Crippen molar-refractivity contribution in [2.75, 3.05) is 40.5 Å². The van der Waals surface area contributed by atoms with Gasteiger partial charge in [0.25, 0.3) is 0 Å². The number of rotatable bonds is 6. The molecule has 1 aromatic rings. The third-order valence-electron chi connectivity index (χ3n) is 4.36. The van der Waals surface area contributed by atoms with Crippen LogP contribution < -0.4 is 15.2 Å². The number of benzene rings is 1. The Hall–Kier alpha value is -2.01. The summed E-state index contributed by atoms with van der Waals surface area (Å²) in [5, 5.41) is 19.7. The van der Waals surface area contributed by atoms with Crippen LogP contribution >= 0.6 is 0 Å². The average molecular weight is 335 g/mol. The number of morpholine rings is 1. The molecule has 1 aliphatic rings. The van der Waals surface area contributed by atoms with Crippen LogP contribution in [0.5, 0.6) is 17.2 Å². The highest BCUT2D eigenvalue weighted by atomic mass is 16.5. The van der Waals surface area contributed by atoms with Gasteiger partial charge in [-0.3, -0.25) is 4.90 Å². The van der Waals surface area contributed by atoms with Crippen LogP contribution in [0.2, 0.25) is 0 Å². The Bertz CT molecular complexity index is 609. The Morgan fingerprint density at radius 3 is 2.50 bits per heavy atom. The zero-order valence-electron chi connectivity index (χ0n) is 14.4. The summed E-state index contributed by atoms with van der Waals surface area (Å²) < 4.78 is 16.0. The van der Waals surface area contributed by atoms with Crippen molar-refractivity contribution in [1.82, 2.24) is 4.90 Å². The highest BCUT2D eigenvalue weighted by molar-refractivity contribution is 5.57. The molecule has 1 fully saturated rings. The molecule has 24 heavy (non-hydrogen) atoms. The Labute approximate surface area is 142 Å². The lowest BCUT2D eigenvalue weighted by Gasteiger charge is -2.33. The minimum Gasteiger partial charge on any atom is -0.504 e. The molecule has 2 rings (SSSR count). The number of ether oxygens (including phenoxy) is 3. The van der Waals surface area contributed by atoms with Crippen LogP contribution in [-0.2, 0) is 11.2 Å². The van der Waals surface area contributed by atoms with Gasteiger partial charge in [0.1, 0.15) is 11.8 Å². The van der Waals surface area contributed by atoms with Crippen LogP contribution in [-0.4, -0.2) is 62.6 Å². The van der Waals surface area contributed by atoms with Gasteiger partial charge in [-0.1, -0.05) is 0 Å². The zero-order chi connectivity index (χ0) is 17.7. The first kappa shape index (κ1) is 18.3. The SMILES string of the molecule is COc1c(O)cc(C[C@H](N)[C@H](C#N)N2CCOCC2)c(OC)c1C. The van der Waals surface area contributed by atoms with E-state index in [2.05, 4.69) is 6.07 Å². The van der Waals surface area contributed by atoms with E-state index in [1.54, 1.807) is 13.2 Å². The topological polar surface area (TPSA) is 101 Å². The second-order valence-electron chi connectivity index (χ2n) is 5.84. The van der Waals surface area contributed by atoms with E-state index < -0.39 is 12.1 Å². The fraction of sp³-hybridized carbons (Fsp3) is 0.588. The molecule has 2 atom stereocenters. The molecule has 0 saturated carbocycles. The number of nitrogens with zero attached hydrogens (tertiary/aromatic N) is 2. The van der Waals surface area contributed by atoms with Crippen molar-refractivity contribution >= 4 is 0 Å². The molecule has 7 nitrogen and oxygen atoms in total. The summed E-state index contributed by atoms with van der Waals surface area (Å²) in [7, 11) is 3.06. The summed E-state index contributed by atoms with van der Waals surface area (Å²) >= 11 is 0. The molecule has 0 spiro atoms. The molecular weight excluding hydrogens is 310 g/mol. The summed E-state index contributed by atoms with van der Waals surface area (Å²) in [6, 6.07) is 3.07. The van der Waals surface area contributed by atoms with Crippen molar-refractivity contribution in [3.05, 3.63) is 17.2 Å². The van der Waals surface area contributed by atoms with Crippen molar-refractivity contribution in [1.29, 1.82) is 5.26 Å². The maximum absolute atomic E-state index is 10.1. The summed E-state index contributed by atoms with van der Waals surface area (Å²) in [4.78, 5) is 2.04. The predicted octanol–water partition coefficient (Wildman–Crippen LogP) is 0.812. The molecule has 0 bridgehead atoms. The van der Waals surface area contributed by atoms with Crippen LogP contribution in [0.4, 0.5) is 0 Å². The van der Waals surface area contributed by atoms with Crippen LogP contribution in [0.1, 0.15) is 11.1 Å². The summed E-state index contributed by atoms with van der Waals surface area (Å²) in [5.74, 6) is 1.05. The molecule has 0 aliphatic carbocycles. The summed E-state index contributed by atoms with van der Waals surface area (Å²) in [6.45, 7) is 4.41. The van der Waals surface area contributed by atoms with E-state index in [1.165, 1.54) is 7.11 Å². The van der Waals surface area contributed by atoms with Gasteiger partial charge in [0.15, 0.2) is 11.5 Å². The quantitative estimate of drug-likeness (QED) is 0.793. The van der Waals surface area contributed by atoms with Gasteiger partial charge < -0.3 is 25.1 Å². The van der Waals surface area contributed by atoms with Gasteiger partial charge >= 0.3 is 0 Å². The number of nitrogens with two attached hydrogens (primary N) is 1. The lowest BCUT2D eigenvalue weighted by molar-refractivity contribution is 0.0226. The number of hydrogen-bond donors (Lipinski definition) is 2. The first-order valence-corrected chi connectivity index (χ1v) is 7.93. The van der Waals surface area contributed by atoms with Crippen molar-refractivity contribution in [3.8, 4) is 23.3 Å². The van der Waals surface area contributed by atoms with E-state index in [-0.39, 0.29) is 5.75 Å². The van der Waals surface area contributed by atoms with E-state index in [4.69, 9.17) is 19.9 Å². The molecule has 1 aromatic carbocycles. The Morgan fingerprint density at radius 1 is 1.33 bits per heavy atom. The largest absolute Gasteiger partial charge is 0.504 e. The maximum Gasteiger partial charge on any atom is 0.167 e. The molecule has 0 amide bonds. The smallest absolute Gasteiger partial charge is 0.167 e. The van der Waals surface area contributed by atoms with Crippen molar-refractivity contribution in [2.45, 2.75) is 25.4 Å². The molecule has 1 aliphatic heterocycles. The molecule has 0 aromatic heterocycles. The zero-order valence-corrected chi connectivity index (χ0v) is 14.4. The lowest BCUT2D eigenvalue weighted by Crippen LogP contribution is -2.52. The molecule has 0 radical (unpaired) electrons. The van der Waals surface area contributed by atoms with E-state index in [9.17, 15) is 10.4 Å². The lowest BCUT2D eigenvalue weighted by atomic mass is 9.96. The first-order chi connectivity index (χ1) is 11.5. The number of nitriles is 1. The molecular formula is C17H25N3O4. The Balaban J connectivity index is 2.24. The van der Waals surface area contributed by atoms with Gasteiger partial charge in [0.05, 0.1) is 33.5 Å². The second-order valence-corrected chi connectivity index (χ2v) is 5.84. The fourth-order valence-corrected chi connectivity index (χ4v) is 3.20. The molecule has 132 valence electrons. The van der Waals surface area contributed by atoms with Gasteiger partial charge in [0, 0.05) is 24.7 Å². The van der Waals surface area contributed by atoms with Crippen LogP contribution in [0.25, 0.3) is 0 Å². The van der Waals surface area contributed by atoms with Gasteiger partial charge in [-0.05, 0) is 25.0 Å². The first-order valence-electron chi connectivity index (χ1n) is 7.93. The number of methoxy groups -OCH3 is 2. The highest BCUT2D eigenvalue weighted by Crippen LogP contribution is 2.39. The Kier molecular flexibility index (Phi) is 6.26. The van der Waals surface area contributed by atoms with Crippen LogP contribution in [0, 0.1) is 18.3 Å². The summed E-state index contributed by atoms with van der Waals surface area (Å²) in [6.07, 6.45) is 0.414. The molecule has 1 heterocycles. The highest BCUT2D eigenvalue weighted by Gasteiger charge is 2.28. The molecule has 1 saturated heterocycles. The van der Waals surface area contributed by atoms with Gasteiger partial charge in [-0.15, -0.1) is 0 Å². The minimum atomic E-state index is -0.414. The third-order valence-corrected chi connectivity index (χ3v) is 4.36. The third kappa shape index (κ3) is 3.73. The average Bonchev–Trinajstić information content (AvgIpc) is 2.57. The van der Waals surface area contributed by atoms with Crippen LogP contribution in [0.3, 0.4) is 0 Å². The molecule has 0 unspecified atom stereocenters. The second kappa shape index (κ2) is 8.20. The van der Waals surface area contributed by atoms with Gasteiger partial charge in [-0.25, -0.2) is 0 Å². The Morgan fingerprint density at radius 2 is 1.96 bits per heavy atom. The van der Waals surface area contributed by atoms with E-state index in [0.717, 1.165) is 5.56 Å². The van der Waals surface area contributed by atoms with E-state index in [1.807, 2.05) is 11.8 Å². The monoisotopic (exact) mass is 335 g/mol. The van der Waals surface area contributed by atoms with Crippen molar-refractivity contribution in [3.63, 3.8) is 0 Å². The predicted molar refractivity (Wildman–Crippen MR) is 89.4 cm³/mol. The number of aromatic hydroxyl groups is 1. The number of phenolic OH excluding ortho intramolecular Hbond substituents is 1. The molecule has 7 heteroatoms.